The Balaban J connectivity index is 0.924. The lowest BCUT2D eigenvalue weighted by molar-refractivity contribution is 0.746. The van der Waals surface area contributed by atoms with Gasteiger partial charge in [-0.3, -0.25) is 4.98 Å². The lowest BCUT2D eigenvalue weighted by Crippen LogP contribution is -2.14. The zero-order valence-corrected chi connectivity index (χ0v) is 34.7. The normalized spacial score (nSPS) is 13.5. The van der Waals surface area contributed by atoms with E-state index in [1.54, 1.807) is 0 Å². The van der Waals surface area contributed by atoms with Gasteiger partial charge in [0.25, 0.3) is 0 Å². The molecule has 0 fully saturated rings. The molecule has 1 aliphatic rings. The molecule has 1 unspecified atom stereocenters. The minimum Gasteiger partial charge on any atom is -0.381 e. The summed E-state index contributed by atoms with van der Waals surface area (Å²) in [6, 6.07) is 68.7. The molecule has 64 heavy (non-hydrogen) atoms. The van der Waals surface area contributed by atoms with E-state index in [0.29, 0.717) is 0 Å². The Bertz CT molecular complexity index is 3620. The van der Waals surface area contributed by atoms with E-state index >= 15 is 0 Å². The van der Waals surface area contributed by atoms with Gasteiger partial charge < -0.3 is 5.32 Å². The molecular formula is C59H39N5. The number of hydrogen-bond donors (Lipinski definition) is 1. The fraction of sp³-hybridized carbons (Fsp3) is 0.0169. The number of nitrogens with zero attached hydrogens (tertiary/aromatic N) is 4. The quantitative estimate of drug-likeness (QED) is 0.128. The molecule has 1 N–H and O–H groups in total. The van der Waals surface area contributed by atoms with Gasteiger partial charge in [0.15, 0.2) is 0 Å². The molecule has 0 aliphatic carbocycles. The highest BCUT2D eigenvalue weighted by Gasteiger charge is 2.16. The first kappa shape index (κ1) is 37.2. The Morgan fingerprint density at radius 3 is 1.83 bits per heavy atom. The summed E-state index contributed by atoms with van der Waals surface area (Å²) in [7, 11) is 0. The van der Waals surface area contributed by atoms with Crippen molar-refractivity contribution in [2.75, 3.05) is 0 Å². The lowest BCUT2D eigenvalue weighted by Gasteiger charge is -2.16. The Morgan fingerprint density at radius 1 is 0.375 bits per heavy atom. The number of allylic oxidation sites excluding steroid dienone is 2. The average molecular weight is 818 g/mol. The first-order valence-corrected chi connectivity index (χ1v) is 21.6. The smallest absolute Gasteiger partial charge is 0.0978 e. The third kappa shape index (κ3) is 6.86. The average Bonchev–Trinajstić information content (AvgIpc) is 3.38. The van der Waals surface area contributed by atoms with Crippen molar-refractivity contribution < 1.29 is 0 Å². The maximum absolute atomic E-state index is 5.33. The van der Waals surface area contributed by atoms with E-state index in [9.17, 15) is 0 Å². The SMILES string of the molecule is C1=CNC(c2ccc(-c3cc(-c4ccc5cc(-c6ccc7ccc8c(-c9ccccc9)c9ccccc9nc8c7n6)ccc5c4)cc(-c4ccc(-c5ccccc5)cn4)n3)cc2)C=C1. The highest BCUT2D eigenvalue weighted by molar-refractivity contribution is 6.16. The summed E-state index contributed by atoms with van der Waals surface area (Å²) in [5.41, 5.74) is 16.2. The molecule has 0 saturated heterocycles. The van der Waals surface area contributed by atoms with Gasteiger partial charge in [0.2, 0.25) is 0 Å². The highest BCUT2D eigenvalue weighted by Crippen LogP contribution is 2.39. The maximum Gasteiger partial charge on any atom is 0.0978 e. The van der Waals surface area contributed by atoms with Crippen LogP contribution in [0.5, 0.6) is 0 Å². The second-order valence-electron chi connectivity index (χ2n) is 16.3. The molecule has 7 aromatic carbocycles. The van der Waals surface area contributed by atoms with Crippen molar-refractivity contribution in [1.29, 1.82) is 0 Å². The Morgan fingerprint density at radius 2 is 1.05 bits per heavy atom. The van der Waals surface area contributed by atoms with Crippen LogP contribution in [-0.4, -0.2) is 19.9 Å². The van der Waals surface area contributed by atoms with Crippen LogP contribution in [0.25, 0.3) is 111 Å². The number of pyridine rings is 4. The van der Waals surface area contributed by atoms with Crippen LogP contribution in [-0.2, 0) is 0 Å². The van der Waals surface area contributed by atoms with Gasteiger partial charge in [-0.2, -0.15) is 0 Å². The van der Waals surface area contributed by atoms with Crippen molar-refractivity contribution in [2.24, 2.45) is 0 Å². The van der Waals surface area contributed by atoms with Gasteiger partial charge in [-0.1, -0.05) is 164 Å². The third-order valence-corrected chi connectivity index (χ3v) is 12.4. The largest absolute Gasteiger partial charge is 0.381 e. The summed E-state index contributed by atoms with van der Waals surface area (Å²) >= 11 is 0. The summed E-state index contributed by atoms with van der Waals surface area (Å²) in [6.45, 7) is 0. The van der Waals surface area contributed by atoms with Gasteiger partial charge >= 0.3 is 0 Å². The highest BCUT2D eigenvalue weighted by atomic mass is 14.9. The molecule has 0 saturated carbocycles. The van der Waals surface area contributed by atoms with Crippen molar-refractivity contribution in [3.05, 3.63) is 230 Å². The molecule has 5 heterocycles. The molecule has 0 bridgehead atoms. The summed E-state index contributed by atoms with van der Waals surface area (Å²) in [4.78, 5) is 20.7. The topological polar surface area (TPSA) is 63.6 Å². The first-order valence-electron chi connectivity index (χ1n) is 21.6. The van der Waals surface area contributed by atoms with Gasteiger partial charge in [-0.15, -0.1) is 0 Å². The van der Waals surface area contributed by atoms with E-state index in [0.717, 1.165) is 99.6 Å². The van der Waals surface area contributed by atoms with E-state index in [2.05, 4.69) is 206 Å². The molecule has 0 radical (unpaired) electrons. The fourth-order valence-electron chi connectivity index (χ4n) is 9.04. The Hall–Kier alpha value is -8.54. The van der Waals surface area contributed by atoms with E-state index in [4.69, 9.17) is 19.9 Å². The summed E-state index contributed by atoms with van der Waals surface area (Å²) in [6.07, 6.45) is 10.2. The standard InChI is InChI=1S/C59H39N5/c1-3-11-38(12-4-1)47-28-31-54(61-37-47)56-36-48(35-55(62-56)40-20-18-39(19-21-40)51-16-9-10-32-60-51)45-23-22-44-34-46(25-24-43(44)33-45)52-30-27-42-26-29-50-57(41-13-5-2-6-14-41)49-15-7-8-17-53(49)64-59(50)58(42)63-52/h1-37,51,60H. The van der Waals surface area contributed by atoms with Crippen molar-refractivity contribution in [3.8, 4) is 67.3 Å². The summed E-state index contributed by atoms with van der Waals surface area (Å²) in [5.74, 6) is 0. The maximum atomic E-state index is 5.33. The van der Waals surface area contributed by atoms with E-state index in [-0.39, 0.29) is 6.04 Å². The monoisotopic (exact) mass is 817 g/mol. The van der Waals surface area contributed by atoms with Crippen LogP contribution < -0.4 is 5.32 Å². The molecule has 12 rings (SSSR count). The van der Waals surface area contributed by atoms with Crippen molar-refractivity contribution in [3.63, 3.8) is 0 Å². The van der Waals surface area contributed by atoms with E-state index < -0.39 is 0 Å². The second kappa shape index (κ2) is 15.7. The lowest BCUT2D eigenvalue weighted by atomic mass is 9.95. The molecule has 1 atom stereocenters. The molecular weight excluding hydrogens is 779 g/mol. The van der Waals surface area contributed by atoms with Gasteiger partial charge in [-0.05, 0) is 93.3 Å². The van der Waals surface area contributed by atoms with Crippen LogP contribution in [0, 0.1) is 0 Å². The van der Waals surface area contributed by atoms with Gasteiger partial charge in [0, 0.05) is 44.6 Å². The molecule has 11 aromatic rings. The molecule has 4 aromatic heterocycles. The van der Waals surface area contributed by atoms with Crippen LogP contribution in [0.15, 0.2) is 225 Å². The number of aromatic nitrogens is 4. The van der Waals surface area contributed by atoms with Crippen molar-refractivity contribution in [2.45, 2.75) is 6.04 Å². The van der Waals surface area contributed by atoms with Gasteiger partial charge in [-0.25, -0.2) is 15.0 Å². The molecule has 5 heteroatoms. The van der Waals surface area contributed by atoms with Crippen LogP contribution in [0.3, 0.4) is 0 Å². The molecule has 0 spiro atoms. The zero-order chi connectivity index (χ0) is 42.4. The number of rotatable bonds is 7. The second-order valence-corrected chi connectivity index (χ2v) is 16.3. The van der Waals surface area contributed by atoms with Crippen LogP contribution >= 0.6 is 0 Å². The van der Waals surface area contributed by atoms with Crippen molar-refractivity contribution >= 4 is 43.5 Å². The fourth-order valence-corrected chi connectivity index (χ4v) is 9.04. The first-order chi connectivity index (χ1) is 31.7. The summed E-state index contributed by atoms with van der Waals surface area (Å²) < 4.78 is 0. The number of dihydropyridines is 1. The molecule has 5 nitrogen and oxygen atoms in total. The predicted octanol–water partition coefficient (Wildman–Crippen LogP) is 14.6. The van der Waals surface area contributed by atoms with Crippen molar-refractivity contribution in [1.82, 2.24) is 25.3 Å². The van der Waals surface area contributed by atoms with Gasteiger partial charge in [0.1, 0.15) is 0 Å². The Kier molecular flexibility index (Phi) is 9.16. The number of fused-ring (bicyclic) bond motifs is 5. The van der Waals surface area contributed by atoms with E-state index in [1.165, 1.54) is 16.7 Å². The van der Waals surface area contributed by atoms with Crippen LogP contribution in [0.2, 0.25) is 0 Å². The number of para-hydroxylation sites is 1. The molecule has 1 aliphatic heterocycles. The summed E-state index contributed by atoms with van der Waals surface area (Å²) in [5, 5.41) is 9.01. The van der Waals surface area contributed by atoms with Crippen LogP contribution in [0.1, 0.15) is 11.6 Å². The van der Waals surface area contributed by atoms with Crippen LogP contribution in [0.4, 0.5) is 0 Å². The number of hydrogen-bond acceptors (Lipinski definition) is 5. The number of nitrogens with one attached hydrogen (secondary N) is 1. The Labute approximate surface area is 370 Å². The zero-order valence-electron chi connectivity index (χ0n) is 34.7. The third-order valence-electron chi connectivity index (χ3n) is 12.4. The molecule has 300 valence electrons. The number of benzene rings is 7. The molecule has 0 amide bonds. The predicted molar refractivity (Wildman–Crippen MR) is 264 cm³/mol. The van der Waals surface area contributed by atoms with E-state index in [1.807, 2.05) is 24.5 Å². The minimum atomic E-state index is 0.141. The van der Waals surface area contributed by atoms with Gasteiger partial charge in [0.05, 0.1) is 45.4 Å². The minimum absolute atomic E-state index is 0.141.